The highest BCUT2D eigenvalue weighted by molar-refractivity contribution is 7.85. The molecule has 0 heterocycles. The molecule has 1 unspecified atom stereocenters. The van der Waals surface area contributed by atoms with Crippen LogP contribution in [0.1, 0.15) is 0 Å². The standard InChI is InChI=1S/C8H5F2NOS/c9-6-1-2-7(10)8(5-6)13(12)4-3-11/h1-2,5H,4H2. The first-order valence-electron chi connectivity index (χ1n) is 3.35. The van der Waals surface area contributed by atoms with Gasteiger partial charge in [0.25, 0.3) is 0 Å². The fourth-order valence-electron chi connectivity index (χ4n) is 0.788. The molecule has 0 saturated heterocycles. The zero-order valence-corrected chi connectivity index (χ0v) is 7.28. The second kappa shape index (κ2) is 4.10. The predicted octanol–water partition coefficient (Wildman–Crippen LogP) is 1.60. The van der Waals surface area contributed by atoms with Gasteiger partial charge in [-0.2, -0.15) is 5.26 Å². The van der Waals surface area contributed by atoms with E-state index < -0.39 is 22.4 Å². The van der Waals surface area contributed by atoms with Gasteiger partial charge < -0.3 is 0 Å². The lowest BCUT2D eigenvalue weighted by atomic mass is 10.3. The average Bonchev–Trinajstić information content (AvgIpc) is 2.09. The highest BCUT2D eigenvalue weighted by atomic mass is 32.2. The van der Waals surface area contributed by atoms with E-state index in [0.717, 1.165) is 18.2 Å². The SMILES string of the molecule is N#CCS(=O)c1cc(F)ccc1F. The Kier molecular flexibility index (Phi) is 3.09. The van der Waals surface area contributed by atoms with Crippen LogP contribution in [0.15, 0.2) is 23.1 Å². The molecule has 13 heavy (non-hydrogen) atoms. The second-order valence-corrected chi connectivity index (χ2v) is 3.64. The van der Waals surface area contributed by atoms with Crippen LogP contribution in [0.3, 0.4) is 0 Å². The summed E-state index contributed by atoms with van der Waals surface area (Å²) >= 11 is 0. The molecule has 0 fully saturated rings. The molecule has 5 heteroatoms. The molecule has 1 atom stereocenters. The van der Waals surface area contributed by atoms with Gasteiger partial charge in [0.1, 0.15) is 17.4 Å². The van der Waals surface area contributed by atoms with Gasteiger partial charge in [0.2, 0.25) is 0 Å². The number of nitrogens with zero attached hydrogens (tertiary/aromatic N) is 1. The molecular weight excluding hydrogens is 196 g/mol. The second-order valence-electron chi connectivity index (χ2n) is 2.22. The molecular formula is C8H5F2NOS. The molecule has 0 aliphatic heterocycles. The van der Waals surface area contributed by atoms with Gasteiger partial charge in [-0.25, -0.2) is 8.78 Å². The number of hydrogen-bond acceptors (Lipinski definition) is 2. The van der Waals surface area contributed by atoms with E-state index in [4.69, 9.17) is 5.26 Å². The molecule has 0 aliphatic rings. The smallest absolute Gasteiger partial charge is 0.139 e. The van der Waals surface area contributed by atoms with Gasteiger partial charge in [0.05, 0.1) is 21.8 Å². The Labute approximate surface area is 76.3 Å². The third-order valence-corrected chi connectivity index (χ3v) is 2.53. The third-order valence-electron chi connectivity index (χ3n) is 1.33. The zero-order chi connectivity index (χ0) is 9.84. The van der Waals surface area contributed by atoms with Gasteiger partial charge in [0, 0.05) is 0 Å². The lowest BCUT2D eigenvalue weighted by Gasteiger charge is -1.99. The van der Waals surface area contributed by atoms with Gasteiger partial charge in [-0.05, 0) is 18.2 Å². The molecule has 2 nitrogen and oxygen atoms in total. The third kappa shape index (κ3) is 2.33. The van der Waals surface area contributed by atoms with Crippen molar-refractivity contribution in [2.45, 2.75) is 4.90 Å². The highest BCUT2D eigenvalue weighted by Crippen LogP contribution is 2.13. The van der Waals surface area contributed by atoms with E-state index in [-0.39, 0.29) is 10.6 Å². The molecule has 0 saturated carbocycles. The van der Waals surface area contributed by atoms with Gasteiger partial charge in [-0.15, -0.1) is 0 Å². The first kappa shape index (κ1) is 9.81. The molecule has 0 radical (unpaired) electrons. The zero-order valence-electron chi connectivity index (χ0n) is 6.46. The summed E-state index contributed by atoms with van der Waals surface area (Å²) < 4.78 is 36.5. The van der Waals surface area contributed by atoms with Crippen molar-refractivity contribution in [3.63, 3.8) is 0 Å². The Bertz CT molecular complexity index is 386. The number of nitriles is 1. The molecule has 1 rings (SSSR count). The van der Waals surface area contributed by atoms with Crippen molar-refractivity contribution >= 4 is 10.8 Å². The van der Waals surface area contributed by atoms with E-state index in [9.17, 15) is 13.0 Å². The number of halogens is 2. The molecule has 0 amide bonds. The van der Waals surface area contributed by atoms with Crippen molar-refractivity contribution in [2.75, 3.05) is 5.75 Å². The van der Waals surface area contributed by atoms with Crippen LogP contribution in [0.25, 0.3) is 0 Å². The van der Waals surface area contributed by atoms with Crippen molar-refractivity contribution in [3.05, 3.63) is 29.8 Å². The van der Waals surface area contributed by atoms with Gasteiger partial charge in [0.15, 0.2) is 0 Å². The van der Waals surface area contributed by atoms with Crippen molar-refractivity contribution in [1.29, 1.82) is 5.26 Å². The molecule has 0 aromatic heterocycles. The molecule has 1 aromatic carbocycles. The summed E-state index contributed by atoms with van der Waals surface area (Å²) in [6, 6.07) is 4.28. The molecule has 0 aliphatic carbocycles. The van der Waals surface area contributed by atoms with Crippen LogP contribution >= 0.6 is 0 Å². The van der Waals surface area contributed by atoms with Crippen LogP contribution < -0.4 is 0 Å². The van der Waals surface area contributed by atoms with E-state index in [1.807, 2.05) is 0 Å². The summed E-state index contributed by atoms with van der Waals surface area (Å²) in [5.74, 6) is -1.75. The Morgan fingerprint density at radius 1 is 1.46 bits per heavy atom. The number of benzene rings is 1. The predicted molar refractivity (Wildman–Crippen MR) is 43.2 cm³/mol. The van der Waals surface area contributed by atoms with Crippen molar-refractivity contribution in [1.82, 2.24) is 0 Å². The Hall–Kier alpha value is -1.28. The maximum Gasteiger partial charge on any atom is 0.139 e. The first-order chi connectivity index (χ1) is 6.15. The summed E-state index contributed by atoms with van der Waals surface area (Å²) in [5.41, 5.74) is 0. The van der Waals surface area contributed by atoms with Crippen molar-refractivity contribution in [2.24, 2.45) is 0 Å². The van der Waals surface area contributed by atoms with Crippen LogP contribution in [0.4, 0.5) is 8.78 Å². The summed E-state index contributed by atoms with van der Waals surface area (Å²) in [6.45, 7) is 0. The maximum absolute atomic E-state index is 12.9. The van der Waals surface area contributed by atoms with Crippen LogP contribution in [0.2, 0.25) is 0 Å². The van der Waals surface area contributed by atoms with Gasteiger partial charge in [-0.3, -0.25) is 4.21 Å². The van der Waals surface area contributed by atoms with E-state index in [1.54, 1.807) is 6.07 Å². The quantitative estimate of drug-likeness (QED) is 0.729. The molecule has 0 spiro atoms. The molecule has 0 N–H and O–H groups in total. The Morgan fingerprint density at radius 2 is 2.15 bits per heavy atom. The van der Waals surface area contributed by atoms with Gasteiger partial charge >= 0.3 is 0 Å². The summed E-state index contributed by atoms with van der Waals surface area (Å²) in [5, 5.41) is 8.20. The Morgan fingerprint density at radius 3 is 2.77 bits per heavy atom. The van der Waals surface area contributed by atoms with E-state index >= 15 is 0 Å². The Balaban J connectivity index is 3.07. The lowest BCUT2D eigenvalue weighted by Crippen LogP contribution is -1.99. The van der Waals surface area contributed by atoms with E-state index in [2.05, 4.69) is 0 Å². The fraction of sp³-hybridized carbons (Fsp3) is 0.125. The summed E-state index contributed by atoms with van der Waals surface area (Å²) in [6.07, 6.45) is 0. The maximum atomic E-state index is 12.9. The van der Waals surface area contributed by atoms with Crippen molar-refractivity contribution < 1.29 is 13.0 Å². The minimum Gasteiger partial charge on any atom is -0.253 e. The average molecular weight is 201 g/mol. The summed E-state index contributed by atoms with van der Waals surface area (Å²) in [4.78, 5) is -0.262. The first-order valence-corrected chi connectivity index (χ1v) is 4.67. The van der Waals surface area contributed by atoms with Crippen LogP contribution in [-0.4, -0.2) is 9.96 Å². The highest BCUT2D eigenvalue weighted by Gasteiger charge is 2.10. The van der Waals surface area contributed by atoms with Crippen LogP contribution in [0, 0.1) is 23.0 Å². The normalized spacial score (nSPS) is 12.1. The molecule has 68 valence electrons. The van der Waals surface area contributed by atoms with E-state index in [0.29, 0.717) is 0 Å². The summed E-state index contributed by atoms with van der Waals surface area (Å²) in [7, 11) is -1.78. The van der Waals surface area contributed by atoms with Crippen LogP contribution in [0.5, 0.6) is 0 Å². The minimum absolute atomic E-state index is 0.262. The van der Waals surface area contributed by atoms with Crippen LogP contribution in [-0.2, 0) is 10.8 Å². The molecule has 0 bridgehead atoms. The van der Waals surface area contributed by atoms with Crippen molar-refractivity contribution in [3.8, 4) is 6.07 Å². The van der Waals surface area contributed by atoms with Gasteiger partial charge in [-0.1, -0.05) is 0 Å². The minimum atomic E-state index is -1.78. The number of hydrogen-bond donors (Lipinski definition) is 0. The monoisotopic (exact) mass is 201 g/mol. The topological polar surface area (TPSA) is 40.9 Å². The fourth-order valence-corrected chi connectivity index (χ4v) is 1.59. The lowest BCUT2D eigenvalue weighted by molar-refractivity contribution is 0.572. The number of rotatable bonds is 2. The largest absolute Gasteiger partial charge is 0.253 e. The van der Waals surface area contributed by atoms with E-state index in [1.165, 1.54) is 0 Å². The molecule has 1 aromatic rings.